The molecule has 0 amide bonds. The van der Waals surface area contributed by atoms with Crippen LogP contribution in [0.1, 0.15) is 206 Å². The predicted molar refractivity (Wildman–Crippen MR) is 178 cm³/mol. The van der Waals surface area contributed by atoms with E-state index in [0.29, 0.717) is 19.6 Å². The fourth-order valence-corrected chi connectivity index (χ4v) is 5.62. The Labute approximate surface area is 257 Å². The normalized spacial score (nSPS) is 12.2. The van der Waals surface area contributed by atoms with Crippen molar-refractivity contribution in [3.8, 4) is 0 Å². The van der Waals surface area contributed by atoms with Crippen LogP contribution in [-0.2, 0) is 14.3 Å². The number of unbranched alkanes of at least 4 members (excludes halogenated alkanes) is 27. The Hall–Kier alpha value is -0.610. The van der Waals surface area contributed by atoms with Gasteiger partial charge in [0.25, 0.3) is 0 Å². The molecule has 0 fully saturated rings. The maximum absolute atomic E-state index is 12.1. The number of carbonyl (C=O) groups excluding carboxylic acids is 1. The smallest absolute Gasteiger partial charge is 0.306 e. The minimum absolute atomic E-state index is 0.165. The van der Waals surface area contributed by atoms with Gasteiger partial charge >= 0.3 is 5.97 Å². The van der Waals surface area contributed by atoms with E-state index < -0.39 is 6.10 Å². The average Bonchev–Trinajstić information content (AvgIpc) is 2.98. The number of ether oxygens (including phenoxy) is 2. The molecule has 1 unspecified atom stereocenters. The first-order valence-corrected chi connectivity index (χ1v) is 18.6. The number of esters is 1. The van der Waals surface area contributed by atoms with Crippen LogP contribution in [-0.4, -0.2) is 37.0 Å². The zero-order chi connectivity index (χ0) is 29.9. The molecule has 246 valence electrons. The van der Waals surface area contributed by atoms with Crippen LogP contribution in [0.15, 0.2) is 0 Å². The summed E-state index contributed by atoms with van der Waals surface area (Å²) >= 11 is 0. The van der Waals surface area contributed by atoms with E-state index >= 15 is 0 Å². The van der Waals surface area contributed by atoms with Crippen molar-refractivity contribution in [3.63, 3.8) is 0 Å². The molecule has 0 aliphatic carbocycles. The number of carbonyl (C=O) groups is 1. The van der Waals surface area contributed by atoms with E-state index in [1.165, 1.54) is 167 Å². The SMILES string of the molecule is CCCCCCCCCCCCCCCCCCCCCCCCCC(=O)OC(CO)COCCCCCCCC. The van der Waals surface area contributed by atoms with Crippen molar-refractivity contribution in [1.82, 2.24) is 0 Å². The van der Waals surface area contributed by atoms with Gasteiger partial charge in [-0.05, 0) is 12.8 Å². The van der Waals surface area contributed by atoms with Crippen LogP contribution in [0.25, 0.3) is 0 Å². The van der Waals surface area contributed by atoms with Crippen molar-refractivity contribution < 1.29 is 19.4 Å². The lowest BCUT2D eigenvalue weighted by Gasteiger charge is -2.15. The second-order valence-corrected chi connectivity index (χ2v) is 12.7. The third kappa shape index (κ3) is 33.8. The van der Waals surface area contributed by atoms with Gasteiger partial charge in [-0.1, -0.05) is 187 Å². The highest BCUT2D eigenvalue weighted by molar-refractivity contribution is 5.69. The largest absolute Gasteiger partial charge is 0.457 e. The molecular formula is C37H74O4. The third-order valence-electron chi connectivity index (χ3n) is 8.43. The zero-order valence-electron chi connectivity index (χ0n) is 28.1. The molecule has 4 heteroatoms. The first-order chi connectivity index (χ1) is 20.2. The first kappa shape index (κ1) is 40.4. The lowest BCUT2D eigenvalue weighted by molar-refractivity contribution is -0.154. The number of aliphatic hydroxyl groups excluding tert-OH is 1. The van der Waals surface area contributed by atoms with E-state index in [1.807, 2.05) is 0 Å². The summed E-state index contributed by atoms with van der Waals surface area (Å²) in [5, 5.41) is 9.47. The van der Waals surface area contributed by atoms with Gasteiger partial charge in [-0.25, -0.2) is 0 Å². The second-order valence-electron chi connectivity index (χ2n) is 12.7. The van der Waals surface area contributed by atoms with Gasteiger partial charge in [-0.2, -0.15) is 0 Å². The Morgan fingerprint density at radius 1 is 0.488 bits per heavy atom. The van der Waals surface area contributed by atoms with Crippen molar-refractivity contribution in [2.45, 2.75) is 213 Å². The van der Waals surface area contributed by atoms with Crippen LogP contribution in [0.3, 0.4) is 0 Å². The lowest BCUT2D eigenvalue weighted by atomic mass is 10.0. The molecule has 0 saturated carbocycles. The molecule has 0 aromatic carbocycles. The summed E-state index contributed by atoms with van der Waals surface area (Å²) in [5.74, 6) is -0.198. The van der Waals surface area contributed by atoms with Gasteiger partial charge in [-0.15, -0.1) is 0 Å². The highest BCUT2D eigenvalue weighted by Gasteiger charge is 2.13. The number of hydrogen-bond acceptors (Lipinski definition) is 4. The van der Waals surface area contributed by atoms with Crippen molar-refractivity contribution in [3.05, 3.63) is 0 Å². The maximum atomic E-state index is 12.1. The summed E-state index contributed by atoms with van der Waals surface area (Å²) in [7, 11) is 0. The van der Waals surface area contributed by atoms with Crippen molar-refractivity contribution >= 4 is 5.97 Å². The van der Waals surface area contributed by atoms with Crippen LogP contribution in [0.4, 0.5) is 0 Å². The van der Waals surface area contributed by atoms with Gasteiger partial charge < -0.3 is 14.6 Å². The van der Waals surface area contributed by atoms with Crippen LogP contribution in [0, 0.1) is 0 Å². The first-order valence-electron chi connectivity index (χ1n) is 18.6. The zero-order valence-corrected chi connectivity index (χ0v) is 28.1. The number of aliphatic hydroxyl groups is 1. The number of rotatable bonds is 35. The minimum Gasteiger partial charge on any atom is -0.457 e. The van der Waals surface area contributed by atoms with Crippen LogP contribution in [0.5, 0.6) is 0 Å². The quantitative estimate of drug-likeness (QED) is 0.0596. The molecule has 0 heterocycles. The highest BCUT2D eigenvalue weighted by atomic mass is 16.6. The third-order valence-corrected chi connectivity index (χ3v) is 8.43. The standard InChI is InChI=1S/C37H74O4/c1-3-5-7-9-11-12-13-14-15-16-17-18-19-20-21-22-23-24-25-26-27-28-30-32-37(39)41-36(34-38)35-40-33-31-29-10-8-6-4-2/h36,38H,3-35H2,1-2H3. The van der Waals surface area contributed by atoms with Gasteiger partial charge in [0.1, 0.15) is 6.10 Å². The van der Waals surface area contributed by atoms with E-state index in [1.54, 1.807) is 0 Å². The summed E-state index contributed by atoms with van der Waals surface area (Å²) in [5.41, 5.74) is 0. The molecule has 0 aromatic rings. The van der Waals surface area contributed by atoms with Gasteiger partial charge in [0, 0.05) is 13.0 Å². The van der Waals surface area contributed by atoms with Gasteiger partial charge in [0.15, 0.2) is 0 Å². The summed E-state index contributed by atoms with van der Waals surface area (Å²) < 4.78 is 11.0. The molecule has 41 heavy (non-hydrogen) atoms. The van der Waals surface area contributed by atoms with Crippen molar-refractivity contribution in [2.24, 2.45) is 0 Å². The minimum atomic E-state index is -0.521. The Bertz CT molecular complexity index is 495. The van der Waals surface area contributed by atoms with E-state index in [0.717, 1.165) is 19.3 Å². The molecule has 4 nitrogen and oxygen atoms in total. The Balaban J connectivity index is 3.29. The predicted octanol–water partition coefficient (Wildman–Crippen LogP) is 11.6. The molecule has 0 radical (unpaired) electrons. The number of hydrogen-bond donors (Lipinski definition) is 1. The molecular weight excluding hydrogens is 508 g/mol. The summed E-state index contributed by atoms with van der Waals surface area (Å²) in [6, 6.07) is 0. The maximum Gasteiger partial charge on any atom is 0.306 e. The summed E-state index contributed by atoms with van der Waals surface area (Å²) in [6.07, 6.45) is 38.8. The molecule has 0 aliphatic rings. The van der Waals surface area contributed by atoms with E-state index in [4.69, 9.17) is 9.47 Å². The molecule has 1 atom stereocenters. The van der Waals surface area contributed by atoms with Crippen molar-refractivity contribution in [2.75, 3.05) is 19.8 Å². The molecule has 0 aliphatic heterocycles. The molecule has 1 N–H and O–H groups in total. The molecule has 0 aromatic heterocycles. The lowest BCUT2D eigenvalue weighted by Crippen LogP contribution is -2.27. The molecule has 0 saturated heterocycles. The van der Waals surface area contributed by atoms with Crippen LogP contribution in [0.2, 0.25) is 0 Å². The molecule has 0 spiro atoms. The fourth-order valence-electron chi connectivity index (χ4n) is 5.62. The van der Waals surface area contributed by atoms with Crippen LogP contribution < -0.4 is 0 Å². The Morgan fingerprint density at radius 2 is 0.805 bits per heavy atom. The van der Waals surface area contributed by atoms with Gasteiger partial charge in [0.2, 0.25) is 0 Å². The Kier molecular flexibility index (Phi) is 35.1. The van der Waals surface area contributed by atoms with Crippen LogP contribution >= 0.6 is 0 Å². The topological polar surface area (TPSA) is 55.8 Å². The van der Waals surface area contributed by atoms with E-state index in [9.17, 15) is 9.90 Å². The molecule has 0 bridgehead atoms. The summed E-state index contributed by atoms with van der Waals surface area (Å²) in [4.78, 5) is 12.1. The monoisotopic (exact) mass is 583 g/mol. The van der Waals surface area contributed by atoms with Gasteiger partial charge in [-0.3, -0.25) is 4.79 Å². The highest BCUT2D eigenvalue weighted by Crippen LogP contribution is 2.16. The van der Waals surface area contributed by atoms with E-state index in [2.05, 4.69) is 13.8 Å². The summed E-state index contributed by atoms with van der Waals surface area (Å²) in [6.45, 7) is 5.34. The fraction of sp³-hybridized carbons (Fsp3) is 0.973. The van der Waals surface area contributed by atoms with Gasteiger partial charge in [0.05, 0.1) is 13.2 Å². The molecule has 0 rings (SSSR count). The van der Waals surface area contributed by atoms with E-state index in [-0.39, 0.29) is 12.6 Å². The Morgan fingerprint density at radius 3 is 1.15 bits per heavy atom. The second kappa shape index (κ2) is 35.6. The average molecular weight is 583 g/mol. The van der Waals surface area contributed by atoms with Crippen molar-refractivity contribution in [1.29, 1.82) is 0 Å².